The monoisotopic (exact) mass is 139 g/mol. The Hall–Kier alpha value is -0.570. The van der Waals surface area contributed by atoms with E-state index in [9.17, 15) is 0 Å². The maximum absolute atomic E-state index is 4.48. The lowest BCUT2D eigenvalue weighted by Crippen LogP contribution is -2.47. The van der Waals surface area contributed by atoms with E-state index in [1.165, 1.54) is 6.42 Å². The molecule has 2 aliphatic heterocycles. The highest BCUT2D eigenvalue weighted by atomic mass is 15.2. The van der Waals surface area contributed by atoms with E-state index in [0.717, 1.165) is 18.9 Å². The van der Waals surface area contributed by atoms with E-state index in [2.05, 4.69) is 15.6 Å². The molecular formula is C7H13N3. The van der Waals surface area contributed by atoms with Gasteiger partial charge in [-0.15, -0.1) is 0 Å². The minimum Gasteiger partial charge on any atom is -0.368 e. The summed E-state index contributed by atoms with van der Waals surface area (Å²) in [5.74, 6) is 1.11. The highest BCUT2D eigenvalue weighted by molar-refractivity contribution is 5.82. The SMILES string of the molecule is CC1=NC2CCNCC2N1. The molecule has 2 heterocycles. The average molecular weight is 139 g/mol. The second-order valence-corrected chi connectivity index (χ2v) is 3.03. The Balaban J connectivity index is 2.06. The number of hydrogen-bond acceptors (Lipinski definition) is 3. The van der Waals surface area contributed by atoms with E-state index in [1.807, 2.05) is 6.92 Å². The molecule has 0 aromatic heterocycles. The average Bonchev–Trinajstić information content (AvgIpc) is 2.27. The summed E-state index contributed by atoms with van der Waals surface area (Å²) >= 11 is 0. The largest absolute Gasteiger partial charge is 0.368 e. The summed E-state index contributed by atoms with van der Waals surface area (Å²) in [6, 6.07) is 1.13. The van der Waals surface area contributed by atoms with Gasteiger partial charge < -0.3 is 10.6 Å². The zero-order chi connectivity index (χ0) is 6.97. The molecule has 3 heteroatoms. The van der Waals surface area contributed by atoms with Crippen LogP contribution in [-0.4, -0.2) is 31.0 Å². The lowest BCUT2D eigenvalue weighted by atomic mass is 10.0. The third kappa shape index (κ3) is 0.904. The van der Waals surface area contributed by atoms with E-state index >= 15 is 0 Å². The van der Waals surface area contributed by atoms with Crippen LogP contribution in [0.25, 0.3) is 0 Å². The fraction of sp³-hybridized carbons (Fsp3) is 0.857. The molecule has 56 valence electrons. The molecule has 1 saturated heterocycles. The van der Waals surface area contributed by atoms with Crippen LogP contribution in [0, 0.1) is 0 Å². The second kappa shape index (κ2) is 2.23. The molecule has 0 spiro atoms. The minimum absolute atomic E-state index is 0.557. The molecule has 3 nitrogen and oxygen atoms in total. The predicted molar refractivity (Wildman–Crippen MR) is 41.3 cm³/mol. The van der Waals surface area contributed by atoms with E-state index in [0.29, 0.717) is 12.1 Å². The molecule has 0 amide bonds. The number of piperidine rings is 1. The third-order valence-electron chi connectivity index (χ3n) is 2.20. The highest BCUT2D eigenvalue weighted by Gasteiger charge is 2.28. The number of aliphatic imine (C=N–C) groups is 1. The molecule has 0 radical (unpaired) electrons. The Morgan fingerprint density at radius 3 is 3.30 bits per heavy atom. The second-order valence-electron chi connectivity index (χ2n) is 3.03. The maximum Gasteiger partial charge on any atom is 0.0939 e. The molecule has 0 saturated carbocycles. The van der Waals surface area contributed by atoms with Crippen molar-refractivity contribution in [2.75, 3.05) is 13.1 Å². The van der Waals surface area contributed by atoms with Crippen LogP contribution in [0.1, 0.15) is 13.3 Å². The summed E-state index contributed by atoms with van der Waals surface area (Å²) in [7, 11) is 0. The van der Waals surface area contributed by atoms with Gasteiger partial charge in [0.15, 0.2) is 0 Å². The summed E-state index contributed by atoms with van der Waals surface area (Å²) in [4.78, 5) is 4.48. The standard InChI is InChI=1S/C7H13N3/c1-5-9-6-2-3-8-4-7(6)10-5/h6-8H,2-4H2,1H3,(H,9,10). The molecular weight excluding hydrogens is 126 g/mol. The number of fused-ring (bicyclic) bond motifs is 1. The van der Waals surface area contributed by atoms with Crippen molar-refractivity contribution in [2.45, 2.75) is 25.4 Å². The fourth-order valence-corrected chi connectivity index (χ4v) is 1.70. The van der Waals surface area contributed by atoms with Crippen molar-refractivity contribution in [1.82, 2.24) is 10.6 Å². The molecule has 2 unspecified atom stereocenters. The summed E-state index contributed by atoms with van der Waals surface area (Å²) < 4.78 is 0. The zero-order valence-electron chi connectivity index (χ0n) is 6.22. The normalized spacial score (nSPS) is 38.3. The number of rotatable bonds is 0. The maximum atomic E-state index is 4.48. The molecule has 2 aliphatic rings. The molecule has 0 aliphatic carbocycles. The Morgan fingerprint density at radius 2 is 2.50 bits per heavy atom. The summed E-state index contributed by atoms with van der Waals surface area (Å²) in [5.41, 5.74) is 0. The topological polar surface area (TPSA) is 36.4 Å². The van der Waals surface area contributed by atoms with Gasteiger partial charge >= 0.3 is 0 Å². The van der Waals surface area contributed by atoms with Gasteiger partial charge in [0.05, 0.1) is 17.9 Å². The predicted octanol–water partition coefficient (Wildman–Crippen LogP) is -0.262. The summed E-state index contributed by atoms with van der Waals surface area (Å²) in [6.07, 6.45) is 1.19. The van der Waals surface area contributed by atoms with Crippen molar-refractivity contribution < 1.29 is 0 Å². The molecule has 0 aromatic carbocycles. The van der Waals surface area contributed by atoms with Gasteiger partial charge in [-0.3, -0.25) is 4.99 Å². The van der Waals surface area contributed by atoms with Crippen molar-refractivity contribution in [2.24, 2.45) is 4.99 Å². The van der Waals surface area contributed by atoms with Gasteiger partial charge in [-0.1, -0.05) is 0 Å². The van der Waals surface area contributed by atoms with E-state index < -0.39 is 0 Å². The molecule has 2 atom stereocenters. The minimum atomic E-state index is 0.557. The van der Waals surface area contributed by atoms with Gasteiger partial charge in [-0.25, -0.2) is 0 Å². The van der Waals surface area contributed by atoms with Gasteiger partial charge in [-0.05, 0) is 19.9 Å². The molecule has 2 rings (SSSR count). The van der Waals surface area contributed by atoms with E-state index in [1.54, 1.807) is 0 Å². The van der Waals surface area contributed by atoms with Crippen LogP contribution in [0.15, 0.2) is 4.99 Å². The van der Waals surface area contributed by atoms with Gasteiger partial charge in [0.25, 0.3) is 0 Å². The van der Waals surface area contributed by atoms with E-state index in [-0.39, 0.29) is 0 Å². The third-order valence-corrected chi connectivity index (χ3v) is 2.20. The Bertz CT molecular complexity index is 164. The van der Waals surface area contributed by atoms with Crippen LogP contribution in [-0.2, 0) is 0 Å². The first-order valence-electron chi connectivity index (χ1n) is 3.88. The fourth-order valence-electron chi connectivity index (χ4n) is 1.70. The first kappa shape index (κ1) is 6.16. The van der Waals surface area contributed by atoms with Crippen molar-refractivity contribution in [3.8, 4) is 0 Å². The van der Waals surface area contributed by atoms with Crippen molar-refractivity contribution in [1.29, 1.82) is 0 Å². The first-order valence-corrected chi connectivity index (χ1v) is 3.88. The molecule has 0 bridgehead atoms. The van der Waals surface area contributed by atoms with Gasteiger partial charge in [0.2, 0.25) is 0 Å². The van der Waals surface area contributed by atoms with Crippen LogP contribution < -0.4 is 10.6 Å². The van der Waals surface area contributed by atoms with Crippen molar-refractivity contribution >= 4 is 5.84 Å². The van der Waals surface area contributed by atoms with Crippen LogP contribution in [0.5, 0.6) is 0 Å². The number of nitrogens with one attached hydrogen (secondary N) is 2. The van der Waals surface area contributed by atoms with E-state index in [4.69, 9.17) is 0 Å². The van der Waals surface area contributed by atoms with Crippen molar-refractivity contribution in [3.05, 3.63) is 0 Å². The highest BCUT2D eigenvalue weighted by Crippen LogP contribution is 2.12. The Morgan fingerprint density at radius 1 is 1.60 bits per heavy atom. The smallest absolute Gasteiger partial charge is 0.0939 e. The molecule has 10 heavy (non-hydrogen) atoms. The summed E-state index contributed by atoms with van der Waals surface area (Å²) in [5, 5.41) is 6.68. The molecule has 2 N–H and O–H groups in total. The summed E-state index contributed by atoms with van der Waals surface area (Å²) in [6.45, 7) is 4.24. The number of nitrogens with zero attached hydrogens (tertiary/aromatic N) is 1. The lowest BCUT2D eigenvalue weighted by molar-refractivity contribution is 0.402. The first-order chi connectivity index (χ1) is 4.86. The zero-order valence-corrected chi connectivity index (χ0v) is 6.22. The lowest BCUT2D eigenvalue weighted by Gasteiger charge is -2.24. The Kier molecular flexibility index (Phi) is 1.38. The molecule has 0 aromatic rings. The Labute approximate surface area is 60.9 Å². The van der Waals surface area contributed by atoms with Crippen molar-refractivity contribution in [3.63, 3.8) is 0 Å². The van der Waals surface area contributed by atoms with Crippen LogP contribution in [0.4, 0.5) is 0 Å². The van der Waals surface area contributed by atoms with Gasteiger partial charge in [0, 0.05) is 6.54 Å². The van der Waals surface area contributed by atoms with Gasteiger partial charge in [-0.2, -0.15) is 0 Å². The quantitative estimate of drug-likeness (QED) is 0.485. The van der Waals surface area contributed by atoms with Crippen LogP contribution >= 0.6 is 0 Å². The van der Waals surface area contributed by atoms with Crippen LogP contribution in [0.3, 0.4) is 0 Å². The number of amidine groups is 1. The van der Waals surface area contributed by atoms with Gasteiger partial charge in [0.1, 0.15) is 0 Å². The number of hydrogen-bond donors (Lipinski definition) is 2. The molecule has 1 fully saturated rings. The van der Waals surface area contributed by atoms with Crippen LogP contribution in [0.2, 0.25) is 0 Å².